The number of aliphatic hydroxyl groups excluding tert-OH is 1. The number of likely N-dealkylation sites (tertiary alicyclic amines) is 1. The molecule has 0 bridgehead atoms. The SMILES string of the molecule is Cc1nc2c(F)cc(-c3nc(Nc4cc(O[P+](=O)O)c5c(n4)CCN(CCN4CCC(O)C4)C5)ncc3F)cc2n1C(C)(C)C. The van der Waals surface area contributed by atoms with Crippen LogP contribution in [0.1, 0.15) is 44.3 Å². The highest BCUT2D eigenvalue weighted by Crippen LogP contribution is 2.36. The molecular formula is C30H36F2N8O4P+. The Bertz CT molecular complexity index is 1780. The third kappa shape index (κ3) is 6.66. The van der Waals surface area contributed by atoms with Crippen LogP contribution in [0.15, 0.2) is 24.4 Å². The number of nitrogens with one attached hydrogen (secondary N) is 1. The van der Waals surface area contributed by atoms with Crippen LogP contribution >= 0.6 is 8.25 Å². The zero-order chi connectivity index (χ0) is 32.0. The van der Waals surface area contributed by atoms with Crippen molar-refractivity contribution < 1.29 is 27.9 Å². The highest BCUT2D eigenvalue weighted by molar-refractivity contribution is 7.32. The Morgan fingerprint density at radius 1 is 1.09 bits per heavy atom. The maximum Gasteiger partial charge on any atom is 0.747 e. The van der Waals surface area contributed by atoms with Crippen LogP contribution in [0, 0.1) is 18.6 Å². The lowest BCUT2D eigenvalue weighted by Gasteiger charge is -2.30. The number of rotatable bonds is 8. The number of aryl methyl sites for hydroxylation is 1. The van der Waals surface area contributed by atoms with Gasteiger partial charge in [-0.05, 0) is 46.2 Å². The summed E-state index contributed by atoms with van der Waals surface area (Å²) in [5, 5.41) is 12.8. The molecule has 0 saturated carbocycles. The number of aromatic nitrogens is 5. The number of hydrogen-bond donors (Lipinski definition) is 3. The predicted molar refractivity (Wildman–Crippen MR) is 164 cm³/mol. The van der Waals surface area contributed by atoms with Gasteiger partial charge in [-0.3, -0.25) is 9.80 Å². The van der Waals surface area contributed by atoms with Crippen LogP contribution in [0.5, 0.6) is 5.75 Å². The minimum Gasteiger partial charge on any atom is -0.392 e. The van der Waals surface area contributed by atoms with E-state index in [1.54, 1.807) is 13.0 Å². The van der Waals surface area contributed by atoms with Gasteiger partial charge in [-0.15, -0.1) is 4.89 Å². The van der Waals surface area contributed by atoms with E-state index in [0.29, 0.717) is 42.1 Å². The minimum absolute atomic E-state index is 0.00411. The first-order chi connectivity index (χ1) is 21.4. The molecule has 3 aromatic heterocycles. The van der Waals surface area contributed by atoms with Crippen molar-refractivity contribution in [3.63, 3.8) is 0 Å². The average Bonchev–Trinajstić information content (AvgIpc) is 3.54. The molecule has 5 heterocycles. The molecule has 3 N–H and O–H groups in total. The van der Waals surface area contributed by atoms with Gasteiger partial charge in [0.05, 0.1) is 23.5 Å². The Labute approximate surface area is 260 Å². The van der Waals surface area contributed by atoms with Gasteiger partial charge in [-0.1, -0.05) is 0 Å². The van der Waals surface area contributed by atoms with Gasteiger partial charge in [-0.25, -0.2) is 33.2 Å². The van der Waals surface area contributed by atoms with Gasteiger partial charge in [0.2, 0.25) is 5.95 Å². The van der Waals surface area contributed by atoms with E-state index in [1.807, 2.05) is 25.3 Å². The molecule has 12 nitrogen and oxygen atoms in total. The van der Waals surface area contributed by atoms with Crippen LogP contribution in [-0.2, 0) is 23.1 Å². The highest BCUT2D eigenvalue weighted by Gasteiger charge is 2.29. The van der Waals surface area contributed by atoms with E-state index >= 15 is 8.78 Å². The van der Waals surface area contributed by atoms with Crippen molar-refractivity contribution in [2.75, 3.05) is 38.0 Å². The zero-order valence-electron chi connectivity index (χ0n) is 25.6. The molecule has 2 aliphatic heterocycles. The topological polar surface area (TPSA) is 142 Å². The Morgan fingerprint density at radius 2 is 1.87 bits per heavy atom. The van der Waals surface area contributed by atoms with Crippen molar-refractivity contribution in [1.29, 1.82) is 0 Å². The van der Waals surface area contributed by atoms with Crippen molar-refractivity contribution >= 4 is 31.1 Å². The number of aliphatic hydroxyl groups is 1. The van der Waals surface area contributed by atoms with Crippen LogP contribution in [0.3, 0.4) is 0 Å². The fraction of sp³-hybridized carbons (Fsp3) is 0.467. The third-order valence-corrected chi connectivity index (χ3v) is 8.53. The Morgan fingerprint density at radius 3 is 2.58 bits per heavy atom. The van der Waals surface area contributed by atoms with Crippen LogP contribution < -0.4 is 9.84 Å². The summed E-state index contributed by atoms with van der Waals surface area (Å²) in [6.07, 6.45) is 2.06. The summed E-state index contributed by atoms with van der Waals surface area (Å²) in [5.74, 6) is -0.237. The lowest BCUT2D eigenvalue weighted by molar-refractivity contribution is 0.164. The van der Waals surface area contributed by atoms with E-state index in [9.17, 15) is 14.6 Å². The average molecular weight is 642 g/mol. The number of hydrogen-bond acceptors (Lipinski definition) is 10. The summed E-state index contributed by atoms with van der Waals surface area (Å²) in [5.41, 5.74) is 1.83. The Balaban J connectivity index is 1.28. The molecule has 0 spiro atoms. The van der Waals surface area contributed by atoms with Crippen LogP contribution in [0.2, 0.25) is 0 Å². The van der Waals surface area contributed by atoms with Crippen molar-refractivity contribution in [3.8, 4) is 17.0 Å². The number of pyridine rings is 1. The summed E-state index contributed by atoms with van der Waals surface area (Å²) in [6, 6.07) is 4.36. The van der Waals surface area contributed by atoms with Gasteiger partial charge < -0.3 is 15.0 Å². The van der Waals surface area contributed by atoms with Gasteiger partial charge in [0.1, 0.15) is 22.9 Å². The van der Waals surface area contributed by atoms with Crippen LogP contribution in [0.25, 0.3) is 22.3 Å². The second-order valence-corrected chi connectivity index (χ2v) is 13.2. The number of anilines is 2. The summed E-state index contributed by atoms with van der Waals surface area (Å²) >= 11 is 0. The van der Waals surface area contributed by atoms with Gasteiger partial charge in [0.25, 0.3) is 0 Å². The number of fused-ring (bicyclic) bond motifs is 2. The van der Waals surface area contributed by atoms with E-state index in [-0.39, 0.29) is 40.4 Å². The molecule has 0 amide bonds. The quantitative estimate of drug-likeness (QED) is 0.235. The van der Waals surface area contributed by atoms with Gasteiger partial charge in [0.15, 0.2) is 17.4 Å². The van der Waals surface area contributed by atoms with Crippen molar-refractivity contribution in [1.82, 2.24) is 34.3 Å². The fourth-order valence-corrected chi connectivity index (χ4v) is 6.57. The first kappa shape index (κ1) is 31.3. The summed E-state index contributed by atoms with van der Waals surface area (Å²) in [6.45, 7) is 12.0. The molecule has 0 radical (unpaired) electrons. The molecule has 0 aliphatic carbocycles. The van der Waals surface area contributed by atoms with Crippen LogP contribution in [0.4, 0.5) is 20.5 Å². The maximum atomic E-state index is 15.2. The van der Waals surface area contributed by atoms with Gasteiger partial charge in [-0.2, -0.15) is 0 Å². The lowest BCUT2D eigenvalue weighted by Crippen LogP contribution is -2.38. The molecule has 1 fully saturated rings. The summed E-state index contributed by atoms with van der Waals surface area (Å²) in [4.78, 5) is 31.5. The highest BCUT2D eigenvalue weighted by atomic mass is 31.1. The lowest BCUT2D eigenvalue weighted by atomic mass is 10.0. The Hall–Kier alpha value is -3.68. The molecule has 1 aromatic carbocycles. The molecule has 15 heteroatoms. The van der Waals surface area contributed by atoms with E-state index in [4.69, 9.17) is 9.51 Å². The monoisotopic (exact) mass is 641 g/mol. The van der Waals surface area contributed by atoms with Crippen molar-refractivity contribution in [2.45, 2.75) is 58.7 Å². The normalized spacial score (nSPS) is 18.0. The number of nitrogens with zero attached hydrogens (tertiary/aromatic N) is 7. The standard InChI is InChI=1S/C30H35F2N8O4P/c1-17-34-28-21(31)11-18(12-24(28)40(17)30(2,3)4)27-22(32)14-33-29(37-27)36-26-13-25(44-45(42)43)20-16-39(8-6-23(20)35-26)10-9-38-7-5-19(41)15-38/h11-14,19,41H,5-10,15-16H2,1-4H3,(H-,33,35,36,37,42,43)/p+1. The molecule has 6 rings (SSSR count). The minimum atomic E-state index is -2.95. The summed E-state index contributed by atoms with van der Waals surface area (Å²) in [7, 11) is -2.95. The second kappa shape index (κ2) is 12.3. The van der Waals surface area contributed by atoms with Gasteiger partial charge in [0, 0.05) is 73.0 Å². The number of β-amino-alcohol motifs (C(OH)–C–C–N with tert-alkyl or cyclic N) is 1. The third-order valence-electron chi connectivity index (χ3n) is 8.18. The van der Waals surface area contributed by atoms with Crippen molar-refractivity contribution in [2.24, 2.45) is 0 Å². The van der Waals surface area contributed by atoms with E-state index in [0.717, 1.165) is 38.8 Å². The molecule has 45 heavy (non-hydrogen) atoms. The number of benzene rings is 1. The number of imidazole rings is 1. The molecular weight excluding hydrogens is 605 g/mol. The fourth-order valence-electron chi connectivity index (χ4n) is 6.24. The Kier molecular flexibility index (Phi) is 8.53. The van der Waals surface area contributed by atoms with E-state index in [1.165, 1.54) is 12.1 Å². The van der Waals surface area contributed by atoms with E-state index < -0.39 is 25.4 Å². The zero-order valence-corrected chi connectivity index (χ0v) is 26.5. The van der Waals surface area contributed by atoms with E-state index in [2.05, 4.69) is 30.1 Å². The summed E-state index contributed by atoms with van der Waals surface area (Å²) < 4.78 is 49.3. The second-order valence-electron chi connectivity index (χ2n) is 12.5. The molecule has 1 saturated heterocycles. The molecule has 4 aromatic rings. The van der Waals surface area contributed by atoms with Gasteiger partial charge >= 0.3 is 8.25 Å². The largest absolute Gasteiger partial charge is 0.747 e. The van der Waals surface area contributed by atoms with Crippen LogP contribution in [-0.4, -0.2) is 83.1 Å². The first-order valence-corrected chi connectivity index (χ1v) is 16.0. The molecule has 2 atom stereocenters. The smallest absolute Gasteiger partial charge is 0.392 e. The maximum absolute atomic E-state index is 15.2. The number of halogens is 2. The molecule has 2 aliphatic rings. The molecule has 238 valence electrons. The molecule has 2 unspecified atom stereocenters. The van der Waals surface area contributed by atoms with Crippen molar-refractivity contribution in [3.05, 3.63) is 53.1 Å². The first-order valence-electron chi connectivity index (χ1n) is 14.8. The predicted octanol–water partition coefficient (Wildman–Crippen LogP) is 4.43.